The average Bonchev–Trinajstić information content (AvgIpc) is 2.54. The van der Waals surface area contributed by atoms with Gasteiger partial charge >= 0.3 is 6.18 Å². The van der Waals surface area contributed by atoms with Crippen molar-refractivity contribution < 1.29 is 17.6 Å². The molecular formula is C18H25ClF4N2. The smallest absolute Gasteiger partial charge is 0.314 e. The summed E-state index contributed by atoms with van der Waals surface area (Å²) in [5, 5.41) is 3.20. The molecule has 1 fully saturated rings. The number of allylic oxidation sites excluding steroid dienone is 1. The van der Waals surface area contributed by atoms with E-state index < -0.39 is 23.6 Å². The molecule has 0 unspecified atom stereocenters. The average molecular weight is 381 g/mol. The molecule has 2 rings (SSSR count). The van der Waals surface area contributed by atoms with Crippen molar-refractivity contribution in [3.8, 4) is 0 Å². The van der Waals surface area contributed by atoms with Crippen LogP contribution in [0.25, 0.3) is 0 Å². The summed E-state index contributed by atoms with van der Waals surface area (Å²) in [6, 6.07) is 3.27. The SMILES string of the molecule is C=CCCCC[C@@H](c1cccc(F)c1C(F)(F)F)N1CCNCC1.Cl. The number of hydrogen-bond donors (Lipinski definition) is 1. The second-order valence-electron chi connectivity index (χ2n) is 6.08. The highest BCUT2D eigenvalue weighted by Gasteiger charge is 2.39. The molecule has 1 saturated heterocycles. The van der Waals surface area contributed by atoms with Crippen LogP contribution in [0.2, 0.25) is 0 Å². The number of halogens is 5. The van der Waals surface area contributed by atoms with Crippen molar-refractivity contribution in [2.24, 2.45) is 0 Å². The first-order chi connectivity index (χ1) is 11.4. The second kappa shape index (κ2) is 10.1. The molecule has 1 heterocycles. The minimum atomic E-state index is -4.69. The summed E-state index contributed by atoms with van der Waals surface area (Å²) < 4.78 is 54.1. The zero-order valence-corrected chi connectivity index (χ0v) is 14.9. The van der Waals surface area contributed by atoms with Gasteiger partial charge in [0.15, 0.2) is 0 Å². The summed E-state index contributed by atoms with van der Waals surface area (Å²) in [6.07, 6.45) is 0.207. The fourth-order valence-corrected chi connectivity index (χ4v) is 3.27. The highest BCUT2D eigenvalue weighted by molar-refractivity contribution is 5.85. The van der Waals surface area contributed by atoms with Crippen LogP contribution >= 0.6 is 12.4 Å². The third-order valence-electron chi connectivity index (χ3n) is 4.42. The minimum Gasteiger partial charge on any atom is -0.314 e. The Morgan fingerprint density at radius 1 is 1.20 bits per heavy atom. The quantitative estimate of drug-likeness (QED) is 0.408. The Kier molecular flexibility index (Phi) is 8.89. The molecule has 1 N–H and O–H groups in total. The van der Waals surface area contributed by atoms with Crippen LogP contribution in [-0.4, -0.2) is 31.1 Å². The van der Waals surface area contributed by atoms with Crippen molar-refractivity contribution in [2.45, 2.75) is 37.9 Å². The molecule has 2 nitrogen and oxygen atoms in total. The van der Waals surface area contributed by atoms with Gasteiger partial charge in [-0.15, -0.1) is 19.0 Å². The lowest BCUT2D eigenvalue weighted by Crippen LogP contribution is -2.45. The Morgan fingerprint density at radius 3 is 2.48 bits per heavy atom. The van der Waals surface area contributed by atoms with Crippen molar-refractivity contribution in [3.63, 3.8) is 0 Å². The summed E-state index contributed by atoms with van der Waals surface area (Å²) in [5.41, 5.74) is -1.06. The molecule has 1 aliphatic rings. The van der Waals surface area contributed by atoms with E-state index in [-0.39, 0.29) is 18.0 Å². The predicted octanol–water partition coefficient (Wildman–Crippen LogP) is 4.96. The maximum absolute atomic E-state index is 14.0. The summed E-state index contributed by atoms with van der Waals surface area (Å²) in [4.78, 5) is 2.04. The number of alkyl halides is 3. The molecule has 142 valence electrons. The van der Waals surface area contributed by atoms with E-state index in [1.165, 1.54) is 12.1 Å². The molecule has 0 aromatic heterocycles. The maximum Gasteiger partial charge on any atom is 0.419 e. The molecule has 1 aromatic rings. The number of benzene rings is 1. The first-order valence-electron chi connectivity index (χ1n) is 8.36. The van der Waals surface area contributed by atoms with Crippen LogP contribution in [0.3, 0.4) is 0 Å². The molecule has 0 amide bonds. The first kappa shape index (κ1) is 21.9. The fourth-order valence-electron chi connectivity index (χ4n) is 3.27. The van der Waals surface area contributed by atoms with Crippen molar-refractivity contribution in [1.82, 2.24) is 10.2 Å². The standard InChI is InChI=1S/C18H24F4N2.ClH/c1-2-3-4-5-9-16(24-12-10-23-11-13-24)14-7-6-8-15(19)17(14)18(20,21)22;/h2,6-8,16,23H,1,3-5,9-13H2;1H/t16-;/m0./s1. The van der Waals surface area contributed by atoms with Crippen LogP contribution in [0, 0.1) is 5.82 Å². The lowest BCUT2D eigenvalue weighted by atomic mass is 9.93. The van der Waals surface area contributed by atoms with Crippen molar-refractivity contribution in [2.75, 3.05) is 26.2 Å². The Balaban J connectivity index is 0.00000312. The Morgan fingerprint density at radius 2 is 1.88 bits per heavy atom. The lowest BCUT2D eigenvalue weighted by Gasteiger charge is -2.36. The number of piperazine rings is 1. The molecule has 0 saturated carbocycles. The van der Waals surface area contributed by atoms with Gasteiger partial charge in [0, 0.05) is 32.2 Å². The highest BCUT2D eigenvalue weighted by Crippen LogP contribution is 2.39. The molecule has 0 aliphatic carbocycles. The van der Waals surface area contributed by atoms with Gasteiger partial charge in [0.2, 0.25) is 0 Å². The molecule has 1 aliphatic heterocycles. The van der Waals surface area contributed by atoms with E-state index in [1.54, 1.807) is 0 Å². The van der Waals surface area contributed by atoms with E-state index in [1.807, 2.05) is 11.0 Å². The van der Waals surface area contributed by atoms with Gasteiger partial charge in [-0.2, -0.15) is 13.2 Å². The van der Waals surface area contributed by atoms with Gasteiger partial charge in [0.05, 0.1) is 5.56 Å². The fraction of sp³-hybridized carbons (Fsp3) is 0.556. The normalized spacial score (nSPS) is 17.0. The highest BCUT2D eigenvalue weighted by atomic mass is 35.5. The van der Waals surface area contributed by atoms with Crippen LogP contribution < -0.4 is 5.32 Å². The molecule has 7 heteroatoms. The van der Waals surface area contributed by atoms with Crippen molar-refractivity contribution >= 4 is 12.4 Å². The van der Waals surface area contributed by atoms with Crippen molar-refractivity contribution in [1.29, 1.82) is 0 Å². The zero-order chi connectivity index (χ0) is 17.6. The Bertz CT molecular complexity index is 542. The number of nitrogens with zero attached hydrogens (tertiary/aromatic N) is 1. The molecule has 25 heavy (non-hydrogen) atoms. The third kappa shape index (κ3) is 5.97. The van der Waals surface area contributed by atoms with Crippen LogP contribution in [0.5, 0.6) is 0 Å². The molecule has 0 radical (unpaired) electrons. The van der Waals surface area contributed by atoms with Crippen LogP contribution in [0.4, 0.5) is 17.6 Å². The third-order valence-corrected chi connectivity index (χ3v) is 4.42. The van der Waals surface area contributed by atoms with E-state index in [2.05, 4.69) is 11.9 Å². The topological polar surface area (TPSA) is 15.3 Å². The Labute approximate surface area is 152 Å². The van der Waals surface area contributed by atoms with Gasteiger partial charge in [0.25, 0.3) is 0 Å². The summed E-state index contributed by atoms with van der Waals surface area (Å²) >= 11 is 0. The summed E-state index contributed by atoms with van der Waals surface area (Å²) in [7, 11) is 0. The first-order valence-corrected chi connectivity index (χ1v) is 8.36. The molecule has 0 bridgehead atoms. The van der Waals surface area contributed by atoms with Gasteiger partial charge in [-0.3, -0.25) is 4.90 Å². The molecule has 0 spiro atoms. The molecular weight excluding hydrogens is 356 g/mol. The largest absolute Gasteiger partial charge is 0.419 e. The summed E-state index contributed by atoms with van der Waals surface area (Å²) in [6.45, 7) is 6.47. The maximum atomic E-state index is 14.0. The van der Waals surface area contributed by atoms with Crippen LogP contribution in [0.1, 0.15) is 42.9 Å². The number of rotatable bonds is 7. The monoisotopic (exact) mass is 380 g/mol. The van der Waals surface area contributed by atoms with Gasteiger partial charge in [-0.1, -0.05) is 24.6 Å². The summed E-state index contributed by atoms with van der Waals surface area (Å²) in [5.74, 6) is -1.19. The lowest BCUT2D eigenvalue weighted by molar-refractivity contribution is -0.141. The van der Waals surface area contributed by atoms with E-state index in [0.717, 1.165) is 38.4 Å². The van der Waals surface area contributed by atoms with Gasteiger partial charge in [-0.05, 0) is 30.9 Å². The predicted molar refractivity (Wildman–Crippen MR) is 94.5 cm³/mol. The van der Waals surface area contributed by atoms with Gasteiger partial charge in [0.1, 0.15) is 5.82 Å². The van der Waals surface area contributed by atoms with E-state index in [9.17, 15) is 17.6 Å². The number of nitrogens with one attached hydrogen (secondary N) is 1. The molecule has 1 aromatic carbocycles. The van der Waals surface area contributed by atoms with Crippen molar-refractivity contribution in [3.05, 3.63) is 47.8 Å². The number of unbranched alkanes of at least 4 members (excludes halogenated alkanes) is 2. The molecule has 1 atom stereocenters. The zero-order valence-electron chi connectivity index (χ0n) is 14.1. The number of hydrogen-bond acceptors (Lipinski definition) is 2. The van der Waals surface area contributed by atoms with Gasteiger partial charge in [-0.25, -0.2) is 4.39 Å². The minimum absolute atomic E-state index is 0. The van der Waals surface area contributed by atoms with E-state index in [0.29, 0.717) is 19.5 Å². The second-order valence-corrected chi connectivity index (χ2v) is 6.08. The Hall–Kier alpha value is -1.11. The van der Waals surface area contributed by atoms with E-state index in [4.69, 9.17) is 0 Å². The van der Waals surface area contributed by atoms with Crippen LogP contribution in [0.15, 0.2) is 30.9 Å². The van der Waals surface area contributed by atoms with Gasteiger partial charge < -0.3 is 5.32 Å². The van der Waals surface area contributed by atoms with Crippen LogP contribution in [-0.2, 0) is 6.18 Å². The van der Waals surface area contributed by atoms with E-state index >= 15 is 0 Å².